The molecule has 0 aliphatic heterocycles. The Kier molecular flexibility index (Phi) is 3.42. The normalized spacial score (nSPS) is 10.3. The molecule has 106 valence electrons. The van der Waals surface area contributed by atoms with Crippen molar-refractivity contribution in [2.45, 2.75) is 0 Å². The van der Waals surface area contributed by atoms with Gasteiger partial charge in [-0.2, -0.15) is 4.98 Å². The van der Waals surface area contributed by atoms with Gasteiger partial charge in [-0.15, -0.1) is 5.10 Å². The van der Waals surface area contributed by atoms with E-state index in [0.29, 0.717) is 17.4 Å². The summed E-state index contributed by atoms with van der Waals surface area (Å²) in [6.07, 6.45) is 1.66. The van der Waals surface area contributed by atoms with Gasteiger partial charge in [-0.1, -0.05) is 18.2 Å². The summed E-state index contributed by atoms with van der Waals surface area (Å²) in [5.74, 6) is 1.15. The van der Waals surface area contributed by atoms with Gasteiger partial charge in [0.15, 0.2) is 0 Å². The average Bonchev–Trinajstić information content (AvgIpc) is 2.97. The summed E-state index contributed by atoms with van der Waals surface area (Å²) in [7, 11) is 1.59. The minimum absolute atomic E-state index is 0.503. The van der Waals surface area contributed by atoms with Crippen molar-refractivity contribution in [3.63, 3.8) is 0 Å². The summed E-state index contributed by atoms with van der Waals surface area (Å²) in [4.78, 5) is 4.23. The molecule has 0 saturated heterocycles. The zero-order valence-electron chi connectivity index (χ0n) is 11.5. The minimum Gasteiger partial charge on any atom is -0.495 e. The lowest BCUT2D eigenvalue weighted by atomic mass is 10.2. The maximum Gasteiger partial charge on any atom is 0.246 e. The fourth-order valence-electron chi connectivity index (χ4n) is 1.97. The van der Waals surface area contributed by atoms with E-state index in [4.69, 9.17) is 10.5 Å². The third kappa shape index (κ3) is 2.79. The Balaban J connectivity index is 1.80. The summed E-state index contributed by atoms with van der Waals surface area (Å²) in [5.41, 5.74) is 8.19. The molecule has 0 atom stereocenters. The molecule has 0 bridgehead atoms. The maximum atomic E-state index is 5.87. The molecule has 0 unspecified atom stereocenters. The molecule has 6 heteroatoms. The highest BCUT2D eigenvalue weighted by atomic mass is 16.5. The smallest absolute Gasteiger partial charge is 0.246 e. The molecule has 2 aromatic carbocycles. The fraction of sp³-hybridized carbons (Fsp3) is 0.0667. The van der Waals surface area contributed by atoms with Crippen molar-refractivity contribution in [1.82, 2.24) is 14.8 Å². The average molecular weight is 281 g/mol. The molecule has 0 spiro atoms. The van der Waals surface area contributed by atoms with E-state index in [1.54, 1.807) is 30.3 Å². The number of anilines is 3. The first kappa shape index (κ1) is 13.0. The number of ether oxygens (including phenoxy) is 1. The van der Waals surface area contributed by atoms with Crippen molar-refractivity contribution < 1.29 is 4.74 Å². The molecule has 1 aromatic heterocycles. The summed E-state index contributed by atoms with van der Waals surface area (Å²) < 4.78 is 6.83. The van der Waals surface area contributed by atoms with Crippen LogP contribution in [0.4, 0.5) is 17.3 Å². The zero-order valence-corrected chi connectivity index (χ0v) is 11.5. The van der Waals surface area contributed by atoms with Gasteiger partial charge < -0.3 is 15.8 Å². The highest BCUT2D eigenvalue weighted by molar-refractivity contribution is 5.65. The minimum atomic E-state index is 0.503. The molecular weight excluding hydrogens is 266 g/mol. The van der Waals surface area contributed by atoms with Gasteiger partial charge in [-0.05, 0) is 30.3 Å². The third-order valence-electron chi connectivity index (χ3n) is 3.00. The molecule has 3 rings (SSSR count). The van der Waals surface area contributed by atoms with Gasteiger partial charge in [0.1, 0.15) is 12.1 Å². The van der Waals surface area contributed by atoms with Crippen molar-refractivity contribution in [3.8, 4) is 11.4 Å². The van der Waals surface area contributed by atoms with Crippen LogP contribution in [0.1, 0.15) is 0 Å². The standard InChI is InChI=1S/C15H15N5O/c1-21-14-8-7-11(9-13(14)16)18-15-17-10-20(19-15)12-5-3-2-4-6-12/h2-10H,16H2,1H3,(H,18,19). The highest BCUT2D eigenvalue weighted by Gasteiger charge is 2.05. The van der Waals surface area contributed by atoms with E-state index in [-0.39, 0.29) is 0 Å². The number of hydrogen-bond acceptors (Lipinski definition) is 5. The number of nitrogen functional groups attached to an aromatic ring is 1. The van der Waals surface area contributed by atoms with E-state index in [1.807, 2.05) is 36.4 Å². The second-order valence-corrected chi connectivity index (χ2v) is 4.43. The number of para-hydroxylation sites is 1. The first-order chi connectivity index (χ1) is 10.3. The molecular formula is C15H15N5O. The Morgan fingerprint density at radius 2 is 1.95 bits per heavy atom. The topological polar surface area (TPSA) is 78.0 Å². The summed E-state index contributed by atoms with van der Waals surface area (Å²) in [5, 5.41) is 7.48. The molecule has 3 N–H and O–H groups in total. The quantitative estimate of drug-likeness (QED) is 0.719. The third-order valence-corrected chi connectivity index (χ3v) is 3.00. The summed E-state index contributed by atoms with van der Waals surface area (Å²) in [6, 6.07) is 15.2. The van der Waals surface area contributed by atoms with Crippen LogP contribution in [0.3, 0.4) is 0 Å². The van der Waals surface area contributed by atoms with E-state index < -0.39 is 0 Å². The van der Waals surface area contributed by atoms with Gasteiger partial charge in [0.2, 0.25) is 5.95 Å². The van der Waals surface area contributed by atoms with Gasteiger partial charge in [-0.25, -0.2) is 4.68 Å². The van der Waals surface area contributed by atoms with Crippen LogP contribution >= 0.6 is 0 Å². The van der Waals surface area contributed by atoms with Crippen LogP contribution in [-0.4, -0.2) is 21.9 Å². The van der Waals surface area contributed by atoms with Crippen molar-refractivity contribution in [2.75, 3.05) is 18.2 Å². The second-order valence-electron chi connectivity index (χ2n) is 4.43. The fourth-order valence-corrected chi connectivity index (χ4v) is 1.97. The molecule has 1 heterocycles. The number of aromatic nitrogens is 3. The zero-order chi connectivity index (χ0) is 14.7. The molecule has 0 saturated carbocycles. The number of hydrogen-bond donors (Lipinski definition) is 2. The van der Waals surface area contributed by atoms with Crippen LogP contribution < -0.4 is 15.8 Å². The van der Waals surface area contributed by atoms with Crippen molar-refractivity contribution in [1.29, 1.82) is 0 Å². The molecule has 0 radical (unpaired) electrons. The van der Waals surface area contributed by atoms with Gasteiger partial charge in [0.25, 0.3) is 0 Å². The Hall–Kier alpha value is -3.02. The molecule has 0 amide bonds. The predicted octanol–water partition coefficient (Wildman–Crippen LogP) is 2.60. The van der Waals surface area contributed by atoms with Crippen LogP contribution in [0.2, 0.25) is 0 Å². The van der Waals surface area contributed by atoms with Gasteiger partial charge in [-0.3, -0.25) is 0 Å². The Morgan fingerprint density at radius 1 is 1.14 bits per heavy atom. The Labute approximate surface area is 122 Å². The van der Waals surface area contributed by atoms with Crippen LogP contribution in [0, 0.1) is 0 Å². The predicted molar refractivity (Wildman–Crippen MR) is 82.0 cm³/mol. The summed E-state index contributed by atoms with van der Waals surface area (Å²) >= 11 is 0. The van der Waals surface area contributed by atoms with Crippen molar-refractivity contribution >= 4 is 17.3 Å². The first-order valence-corrected chi connectivity index (χ1v) is 6.44. The molecule has 21 heavy (non-hydrogen) atoms. The van der Waals surface area contributed by atoms with E-state index in [0.717, 1.165) is 11.4 Å². The summed E-state index contributed by atoms with van der Waals surface area (Å²) in [6.45, 7) is 0. The molecule has 3 aromatic rings. The SMILES string of the molecule is COc1ccc(Nc2ncn(-c3ccccc3)n2)cc1N. The van der Waals surface area contributed by atoms with Gasteiger partial charge in [0.05, 0.1) is 18.5 Å². The lowest BCUT2D eigenvalue weighted by Gasteiger charge is -2.07. The van der Waals surface area contributed by atoms with Gasteiger partial charge in [0, 0.05) is 5.69 Å². The van der Waals surface area contributed by atoms with E-state index >= 15 is 0 Å². The second kappa shape index (κ2) is 5.54. The van der Waals surface area contributed by atoms with Crippen molar-refractivity contribution in [2.24, 2.45) is 0 Å². The maximum absolute atomic E-state index is 5.87. The number of rotatable bonds is 4. The van der Waals surface area contributed by atoms with Crippen LogP contribution in [0.25, 0.3) is 5.69 Å². The number of benzene rings is 2. The van der Waals surface area contributed by atoms with Crippen LogP contribution in [0.5, 0.6) is 5.75 Å². The lowest BCUT2D eigenvalue weighted by Crippen LogP contribution is -1.98. The molecule has 0 fully saturated rings. The number of nitrogens with zero attached hydrogens (tertiary/aromatic N) is 3. The first-order valence-electron chi connectivity index (χ1n) is 6.44. The largest absolute Gasteiger partial charge is 0.495 e. The van der Waals surface area contributed by atoms with E-state index in [2.05, 4.69) is 15.4 Å². The molecule has 0 aliphatic rings. The van der Waals surface area contributed by atoms with E-state index in [9.17, 15) is 0 Å². The van der Waals surface area contributed by atoms with E-state index in [1.165, 1.54) is 0 Å². The van der Waals surface area contributed by atoms with Crippen LogP contribution in [0.15, 0.2) is 54.9 Å². The lowest BCUT2D eigenvalue weighted by molar-refractivity contribution is 0.417. The monoisotopic (exact) mass is 281 g/mol. The molecule has 0 aliphatic carbocycles. The Morgan fingerprint density at radius 3 is 2.67 bits per heavy atom. The Bertz CT molecular complexity index is 739. The number of methoxy groups -OCH3 is 1. The molecule has 6 nitrogen and oxygen atoms in total. The number of nitrogens with one attached hydrogen (secondary N) is 1. The van der Waals surface area contributed by atoms with Crippen LogP contribution in [-0.2, 0) is 0 Å². The number of nitrogens with two attached hydrogens (primary N) is 1. The van der Waals surface area contributed by atoms with Crippen molar-refractivity contribution in [3.05, 3.63) is 54.9 Å². The highest BCUT2D eigenvalue weighted by Crippen LogP contribution is 2.25. The van der Waals surface area contributed by atoms with Gasteiger partial charge >= 0.3 is 0 Å².